The lowest BCUT2D eigenvalue weighted by molar-refractivity contribution is -0.122. The first-order valence-corrected chi connectivity index (χ1v) is 9.05. The fourth-order valence-corrected chi connectivity index (χ4v) is 3.62. The van der Waals surface area contributed by atoms with Gasteiger partial charge in [-0.15, -0.1) is 0 Å². The van der Waals surface area contributed by atoms with E-state index in [-0.39, 0.29) is 5.91 Å². The molecule has 1 fully saturated rings. The van der Waals surface area contributed by atoms with Crippen molar-refractivity contribution in [2.45, 2.75) is 6.92 Å². The summed E-state index contributed by atoms with van der Waals surface area (Å²) in [5, 5.41) is 0.683. The van der Waals surface area contributed by atoms with Crippen molar-refractivity contribution >= 4 is 34.6 Å². The Kier molecular flexibility index (Phi) is 5.63. The van der Waals surface area contributed by atoms with Crippen LogP contribution in [0.1, 0.15) is 12.5 Å². The number of nitrogens with zero attached hydrogens (tertiary/aromatic N) is 2. The summed E-state index contributed by atoms with van der Waals surface area (Å²) in [6, 6.07) is 15.1. The topological polar surface area (TPSA) is 51.1 Å². The molecule has 1 amide bonds. The van der Waals surface area contributed by atoms with Crippen LogP contribution in [-0.4, -0.2) is 36.7 Å². The molecule has 0 unspecified atom stereocenters. The minimum absolute atomic E-state index is 0.0509. The number of methoxy groups -OCH3 is 2. The summed E-state index contributed by atoms with van der Waals surface area (Å²) in [7, 11) is 3.20. The zero-order valence-electron chi connectivity index (χ0n) is 14.9. The van der Waals surface area contributed by atoms with E-state index in [4.69, 9.17) is 9.47 Å². The highest BCUT2D eigenvalue weighted by Gasteiger charge is 2.32. The lowest BCUT2D eigenvalue weighted by Gasteiger charge is -2.12. The van der Waals surface area contributed by atoms with Gasteiger partial charge < -0.3 is 9.47 Å². The highest BCUT2D eigenvalue weighted by molar-refractivity contribution is 8.18. The Labute approximate surface area is 157 Å². The first-order chi connectivity index (χ1) is 12.7. The maximum atomic E-state index is 12.8. The van der Waals surface area contributed by atoms with Crippen molar-refractivity contribution in [1.29, 1.82) is 0 Å². The van der Waals surface area contributed by atoms with Crippen LogP contribution in [0.4, 0.5) is 5.69 Å². The van der Waals surface area contributed by atoms with Gasteiger partial charge in [0.2, 0.25) is 0 Å². The summed E-state index contributed by atoms with van der Waals surface area (Å²) < 4.78 is 10.6. The summed E-state index contributed by atoms with van der Waals surface area (Å²) in [5.41, 5.74) is 1.64. The molecule has 1 saturated heterocycles. The van der Waals surface area contributed by atoms with E-state index in [1.54, 1.807) is 25.2 Å². The van der Waals surface area contributed by atoms with E-state index in [1.165, 1.54) is 11.8 Å². The Morgan fingerprint density at radius 1 is 1.12 bits per heavy atom. The summed E-state index contributed by atoms with van der Waals surface area (Å²) in [5.74, 6) is 1.31. The first kappa shape index (κ1) is 18.1. The Morgan fingerprint density at radius 2 is 1.88 bits per heavy atom. The Bertz CT molecular complexity index is 863. The molecule has 0 bridgehead atoms. The number of para-hydroxylation sites is 1. The molecule has 0 aromatic heterocycles. The summed E-state index contributed by atoms with van der Waals surface area (Å²) >= 11 is 1.37. The van der Waals surface area contributed by atoms with Gasteiger partial charge in [-0.2, -0.15) is 0 Å². The van der Waals surface area contributed by atoms with Crippen molar-refractivity contribution in [2.24, 2.45) is 4.99 Å². The van der Waals surface area contributed by atoms with Crippen molar-refractivity contribution in [3.8, 4) is 11.5 Å². The van der Waals surface area contributed by atoms with Gasteiger partial charge in [0.25, 0.3) is 5.91 Å². The molecule has 0 spiro atoms. The van der Waals surface area contributed by atoms with E-state index >= 15 is 0 Å². The molecule has 1 heterocycles. The van der Waals surface area contributed by atoms with Crippen molar-refractivity contribution in [3.63, 3.8) is 0 Å². The number of likely N-dealkylation sites (N-methyl/N-ethyl adjacent to an activating group) is 1. The van der Waals surface area contributed by atoms with E-state index in [0.717, 1.165) is 11.3 Å². The van der Waals surface area contributed by atoms with Crippen LogP contribution in [0.25, 0.3) is 6.08 Å². The number of carbonyl (C=O) groups excluding carboxylic acids is 1. The van der Waals surface area contributed by atoms with Crippen LogP contribution in [0.2, 0.25) is 0 Å². The van der Waals surface area contributed by atoms with Crippen LogP contribution in [0.5, 0.6) is 11.5 Å². The smallest absolute Gasteiger partial charge is 0.266 e. The summed E-state index contributed by atoms with van der Waals surface area (Å²) in [6.45, 7) is 2.50. The number of amidine groups is 1. The van der Waals surface area contributed by atoms with Gasteiger partial charge in [-0.25, -0.2) is 4.99 Å². The highest BCUT2D eigenvalue weighted by Crippen LogP contribution is 2.36. The number of hydrogen-bond acceptors (Lipinski definition) is 5. The average molecular weight is 368 g/mol. The lowest BCUT2D eigenvalue weighted by Crippen LogP contribution is -2.28. The molecule has 2 aromatic rings. The Morgan fingerprint density at radius 3 is 2.54 bits per heavy atom. The quantitative estimate of drug-likeness (QED) is 0.737. The van der Waals surface area contributed by atoms with Crippen LogP contribution in [0.15, 0.2) is 58.4 Å². The SMILES string of the molecule is CCN1C(=O)/C(=C\c2ccc(OC)cc2OC)SC1=Nc1ccccc1. The number of carbonyl (C=O) groups is 1. The van der Waals surface area contributed by atoms with Gasteiger partial charge in [0.1, 0.15) is 11.5 Å². The molecule has 2 aromatic carbocycles. The van der Waals surface area contributed by atoms with Gasteiger partial charge in [0.15, 0.2) is 5.17 Å². The second-order valence-electron chi connectivity index (χ2n) is 5.50. The highest BCUT2D eigenvalue weighted by atomic mass is 32.2. The number of thioether (sulfide) groups is 1. The Balaban J connectivity index is 1.95. The zero-order chi connectivity index (χ0) is 18.5. The molecule has 26 heavy (non-hydrogen) atoms. The third-order valence-electron chi connectivity index (χ3n) is 3.91. The second kappa shape index (κ2) is 8.10. The molecule has 5 nitrogen and oxygen atoms in total. The zero-order valence-corrected chi connectivity index (χ0v) is 15.7. The molecular weight excluding hydrogens is 348 g/mol. The standard InChI is InChI=1S/C20H20N2O3S/c1-4-22-19(23)18(26-20(22)21-15-8-6-5-7-9-15)12-14-10-11-16(24-2)13-17(14)25-3/h5-13H,4H2,1-3H3/b18-12+,21-20?. The normalized spacial score (nSPS) is 17.2. The molecule has 0 saturated carbocycles. The van der Waals surface area contributed by atoms with Crippen molar-refractivity contribution in [1.82, 2.24) is 4.90 Å². The lowest BCUT2D eigenvalue weighted by atomic mass is 10.1. The van der Waals surface area contributed by atoms with E-state index < -0.39 is 0 Å². The number of ether oxygens (including phenoxy) is 2. The van der Waals surface area contributed by atoms with Gasteiger partial charge in [-0.05, 0) is 49.0 Å². The molecule has 0 radical (unpaired) electrons. The maximum Gasteiger partial charge on any atom is 0.266 e. The van der Waals surface area contributed by atoms with E-state index in [9.17, 15) is 4.79 Å². The van der Waals surface area contributed by atoms with E-state index in [1.807, 2.05) is 55.5 Å². The monoisotopic (exact) mass is 368 g/mol. The van der Waals surface area contributed by atoms with E-state index in [0.29, 0.717) is 28.1 Å². The van der Waals surface area contributed by atoms with Crippen LogP contribution >= 0.6 is 11.8 Å². The molecule has 1 aliphatic rings. The molecule has 0 aliphatic carbocycles. The number of benzene rings is 2. The fourth-order valence-electron chi connectivity index (χ4n) is 2.56. The molecule has 6 heteroatoms. The first-order valence-electron chi connectivity index (χ1n) is 8.23. The van der Waals surface area contributed by atoms with Gasteiger partial charge >= 0.3 is 0 Å². The largest absolute Gasteiger partial charge is 0.497 e. The molecule has 0 atom stereocenters. The van der Waals surface area contributed by atoms with Crippen molar-refractivity contribution in [2.75, 3.05) is 20.8 Å². The van der Waals surface area contributed by atoms with Crippen molar-refractivity contribution in [3.05, 3.63) is 59.0 Å². The van der Waals surface area contributed by atoms with Gasteiger partial charge in [-0.1, -0.05) is 18.2 Å². The Hall–Kier alpha value is -2.73. The molecule has 1 aliphatic heterocycles. The summed E-state index contributed by atoms with van der Waals surface area (Å²) in [4.78, 5) is 19.7. The molecule has 3 rings (SSSR count). The molecule has 0 N–H and O–H groups in total. The van der Waals surface area contributed by atoms with Crippen LogP contribution in [0, 0.1) is 0 Å². The van der Waals surface area contributed by atoms with Crippen LogP contribution in [0.3, 0.4) is 0 Å². The third kappa shape index (κ3) is 3.75. The predicted molar refractivity (Wildman–Crippen MR) is 106 cm³/mol. The number of amides is 1. The summed E-state index contributed by atoms with van der Waals surface area (Å²) in [6.07, 6.45) is 1.83. The number of aliphatic imine (C=N–C) groups is 1. The minimum atomic E-state index is -0.0509. The van der Waals surface area contributed by atoms with Gasteiger partial charge in [0.05, 0.1) is 24.8 Å². The van der Waals surface area contributed by atoms with E-state index in [2.05, 4.69) is 4.99 Å². The molecule has 134 valence electrons. The van der Waals surface area contributed by atoms with Gasteiger partial charge in [0, 0.05) is 18.2 Å². The van der Waals surface area contributed by atoms with Crippen LogP contribution in [-0.2, 0) is 4.79 Å². The maximum absolute atomic E-state index is 12.8. The average Bonchev–Trinajstić information content (AvgIpc) is 2.97. The number of rotatable bonds is 5. The third-order valence-corrected chi connectivity index (χ3v) is 4.92. The minimum Gasteiger partial charge on any atom is -0.497 e. The fraction of sp³-hybridized carbons (Fsp3) is 0.200. The number of hydrogen-bond donors (Lipinski definition) is 0. The van der Waals surface area contributed by atoms with Crippen molar-refractivity contribution < 1.29 is 14.3 Å². The molecular formula is C20H20N2O3S. The van der Waals surface area contributed by atoms with Gasteiger partial charge in [-0.3, -0.25) is 9.69 Å². The van der Waals surface area contributed by atoms with Crippen LogP contribution < -0.4 is 9.47 Å². The predicted octanol–water partition coefficient (Wildman–Crippen LogP) is 4.33. The second-order valence-corrected chi connectivity index (χ2v) is 6.51.